The average Bonchev–Trinajstić information content (AvgIpc) is 3.06. The highest BCUT2D eigenvalue weighted by Crippen LogP contribution is 2.28. The number of hydrogen-bond donors (Lipinski definition) is 2. The van der Waals surface area contributed by atoms with Crippen molar-refractivity contribution in [1.82, 2.24) is 15.5 Å². The molecule has 2 fully saturated rings. The van der Waals surface area contributed by atoms with E-state index in [4.69, 9.17) is 4.74 Å². The van der Waals surface area contributed by atoms with Crippen LogP contribution in [0.15, 0.2) is 0 Å². The zero-order chi connectivity index (χ0) is 16.5. The Balaban J connectivity index is 1.53. The molecule has 0 bridgehead atoms. The molecular formula is C17H31N3O3. The Labute approximate surface area is 139 Å². The zero-order valence-electron chi connectivity index (χ0n) is 14.3. The number of carbonyl (C=O) groups excluding carboxylic acids is 2. The summed E-state index contributed by atoms with van der Waals surface area (Å²) in [7, 11) is 0. The molecule has 0 spiro atoms. The first-order valence-corrected chi connectivity index (χ1v) is 9.15. The Morgan fingerprint density at radius 1 is 1.13 bits per heavy atom. The lowest BCUT2D eigenvalue weighted by atomic mass is 10.0. The molecule has 0 unspecified atom stereocenters. The monoisotopic (exact) mass is 325 g/mol. The Morgan fingerprint density at radius 3 is 2.48 bits per heavy atom. The van der Waals surface area contributed by atoms with Crippen molar-refractivity contribution >= 4 is 12.1 Å². The van der Waals surface area contributed by atoms with Gasteiger partial charge in [0.25, 0.3) is 0 Å². The number of nitrogens with one attached hydrogen (secondary N) is 2. The SMILES string of the molecule is CCOC(=O)N1CCC(NC(=O)NCCCC2CCCC2)CC1. The maximum absolute atomic E-state index is 11.9. The van der Waals surface area contributed by atoms with Gasteiger partial charge in [0, 0.05) is 25.7 Å². The van der Waals surface area contributed by atoms with Crippen LogP contribution in [0.25, 0.3) is 0 Å². The molecule has 3 amide bonds. The molecular weight excluding hydrogens is 294 g/mol. The van der Waals surface area contributed by atoms with Crippen LogP contribution in [-0.2, 0) is 4.74 Å². The van der Waals surface area contributed by atoms with Crippen molar-refractivity contribution in [2.24, 2.45) is 5.92 Å². The van der Waals surface area contributed by atoms with Gasteiger partial charge in [0.1, 0.15) is 0 Å². The van der Waals surface area contributed by atoms with Crippen molar-refractivity contribution in [3.8, 4) is 0 Å². The number of rotatable bonds is 6. The highest BCUT2D eigenvalue weighted by Gasteiger charge is 2.24. The summed E-state index contributed by atoms with van der Waals surface area (Å²) in [6.45, 7) is 4.25. The maximum atomic E-state index is 11.9. The predicted molar refractivity (Wildman–Crippen MR) is 89.3 cm³/mol. The van der Waals surface area contributed by atoms with Gasteiger partial charge in [-0.3, -0.25) is 0 Å². The molecule has 0 atom stereocenters. The van der Waals surface area contributed by atoms with E-state index < -0.39 is 0 Å². The van der Waals surface area contributed by atoms with Crippen LogP contribution in [0.1, 0.15) is 58.3 Å². The lowest BCUT2D eigenvalue weighted by molar-refractivity contribution is 0.0957. The van der Waals surface area contributed by atoms with Gasteiger partial charge in [-0.1, -0.05) is 25.7 Å². The zero-order valence-corrected chi connectivity index (χ0v) is 14.3. The largest absolute Gasteiger partial charge is 0.450 e. The second-order valence-corrected chi connectivity index (χ2v) is 6.65. The van der Waals surface area contributed by atoms with Gasteiger partial charge in [0.15, 0.2) is 0 Å². The Hall–Kier alpha value is -1.46. The normalized spacial score (nSPS) is 19.6. The molecule has 1 saturated carbocycles. The summed E-state index contributed by atoms with van der Waals surface area (Å²) >= 11 is 0. The van der Waals surface area contributed by atoms with Crippen LogP contribution in [0.2, 0.25) is 0 Å². The summed E-state index contributed by atoms with van der Waals surface area (Å²) < 4.78 is 4.99. The van der Waals surface area contributed by atoms with E-state index in [-0.39, 0.29) is 18.2 Å². The van der Waals surface area contributed by atoms with Gasteiger partial charge in [-0.05, 0) is 38.5 Å². The van der Waals surface area contributed by atoms with E-state index in [1.807, 2.05) is 6.92 Å². The summed E-state index contributed by atoms with van der Waals surface area (Å²) in [5.41, 5.74) is 0. The van der Waals surface area contributed by atoms with Crippen molar-refractivity contribution in [3.63, 3.8) is 0 Å². The highest BCUT2D eigenvalue weighted by molar-refractivity contribution is 5.74. The summed E-state index contributed by atoms with van der Waals surface area (Å²) in [5, 5.41) is 5.96. The minimum atomic E-state index is -0.248. The van der Waals surface area contributed by atoms with E-state index >= 15 is 0 Å². The van der Waals surface area contributed by atoms with Crippen LogP contribution < -0.4 is 10.6 Å². The third kappa shape index (κ3) is 6.28. The van der Waals surface area contributed by atoms with Crippen LogP contribution in [-0.4, -0.2) is 49.3 Å². The van der Waals surface area contributed by atoms with E-state index in [0.29, 0.717) is 19.7 Å². The standard InChI is InChI=1S/C17H31N3O3/c1-2-23-17(22)20-12-9-15(10-13-20)19-16(21)18-11-5-8-14-6-3-4-7-14/h14-15H,2-13H2,1H3,(H2,18,19,21). The Bertz CT molecular complexity index is 375. The van der Waals surface area contributed by atoms with Crippen LogP contribution in [0.3, 0.4) is 0 Å². The number of ether oxygens (including phenoxy) is 1. The number of hydrogen-bond acceptors (Lipinski definition) is 3. The third-order valence-electron chi connectivity index (χ3n) is 4.91. The number of amides is 3. The fourth-order valence-corrected chi connectivity index (χ4v) is 3.55. The van der Waals surface area contributed by atoms with Gasteiger partial charge in [0.2, 0.25) is 0 Å². The van der Waals surface area contributed by atoms with Gasteiger partial charge < -0.3 is 20.3 Å². The van der Waals surface area contributed by atoms with E-state index in [0.717, 1.165) is 31.7 Å². The van der Waals surface area contributed by atoms with Gasteiger partial charge in [-0.2, -0.15) is 0 Å². The van der Waals surface area contributed by atoms with Gasteiger partial charge in [0.05, 0.1) is 6.61 Å². The maximum Gasteiger partial charge on any atom is 0.409 e. The molecule has 6 heteroatoms. The topological polar surface area (TPSA) is 70.7 Å². The molecule has 1 heterocycles. The van der Waals surface area contributed by atoms with Crippen molar-refractivity contribution < 1.29 is 14.3 Å². The van der Waals surface area contributed by atoms with E-state index in [1.54, 1.807) is 4.90 Å². The fraction of sp³-hybridized carbons (Fsp3) is 0.882. The molecule has 0 radical (unpaired) electrons. The summed E-state index contributed by atoms with van der Waals surface area (Å²) in [6, 6.07) is 0.0708. The van der Waals surface area contributed by atoms with Crippen LogP contribution in [0.4, 0.5) is 9.59 Å². The molecule has 0 aromatic heterocycles. The third-order valence-corrected chi connectivity index (χ3v) is 4.91. The van der Waals surface area contributed by atoms with Crippen molar-refractivity contribution in [2.45, 2.75) is 64.3 Å². The fourth-order valence-electron chi connectivity index (χ4n) is 3.55. The molecule has 23 heavy (non-hydrogen) atoms. The summed E-state index contributed by atoms with van der Waals surface area (Å²) in [6.07, 6.45) is 9.12. The first kappa shape index (κ1) is 17.9. The van der Waals surface area contributed by atoms with Crippen LogP contribution in [0.5, 0.6) is 0 Å². The lowest BCUT2D eigenvalue weighted by Crippen LogP contribution is -2.49. The molecule has 2 rings (SSSR count). The summed E-state index contributed by atoms with van der Waals surface area (Å²) in [5.74, 6) is 0.882. The quantitative estimate of drug-likeness (QED) is 0.738. The van der Waals surface area contributed by atoms with Gasteiger partial charge >= 0.3 is 12.1 Å². The Kier molecular flexibility index (Phi) is 7.49. The van der Waals surface area contributed by atoms with Crippen LogP contribution in [0, 0.1) is 5.92 Å². The molecule has 1 aliphatic carbocycles. The second kappa shape index (κ2) is 9.63. The molecule has 2 N–H and O–H groups in total. The molecule has 132 valence electrons. The number of carbonyl (C=O) groups is 2. The minimum absolute atomic E-state index is 0.0778. The van der Waals surface area contributed by atoms with E-state index in [9.17, 15) is 9.59 Å². The van der Waals surface area contributed by atoms with Gasteiger partial charge in [-0.25, -0.2) is 9.59 Å². The number of piperidine rings is 1. The number of nitrogens with zero attached hydrogens (tertiary/aromatic N) is 1. The smallest absolute Gasteiger partial charge is 0.409 e. The molecule has 6 nitrogen and oxygen atoms in total. The molecule has 0 aromatic rings. The molecule has 0 aromatic carbocycles. The first-order valence-electron chi connectivity index (χ1n) is 9.15. The average molecular weight is 325 g/mol. The highest BCUT2D eigenvalue weighted by atomic mass is 16.6. The first-order chi connectivity index (χ1) is 11.2. The van der Waals surface area contributed by atoms with Crippen molar-refractivity contribution in [2.75, 3.05) is 26.2 Å². The van der Waals surface area contributed by atoms with Crippen molar-refractivity contribution in [1.29, 1.82) is 0 Å². The van der Waals surface area contributed by atoms with Crippen LogP contribution >= 0.6 is 0 Å². The second-order valence-electron chi connectivity index (χ2n) is 6.65. The van der Waals surface area contributed by atoms with E-state index in [2.05, 4.69) is 10.6 Å². The molecule has 1 aliphatic heterocycles. The molecule has 1 saturated heterocycles. The van der Waals surface area contributed by atoms with Gasteiger partial charge in [-0.15, -0.1) is 0 Å². The number of likely N-dealkylation sites (tertiary alicyclic amines) is 1. The van der Waals surface area contributed by atoms with Crippen molar-refractivity contribution in [3.05, 3.63) is 0 Å². The minimum Gasteiger partial charge on any atom is -0.450 e. The van der Waals surface area contributed by atoms with E-state index in [1.165, 1.54) is 32.1 Å². The molecule has 2 aliphatic rings. The lowest BCUT2D eigenvalue weighted by Gasteiger charge is -2.31. The predicted octanol–water partition coefficient (Wildman–Crippen LogP) is 2.88. The summed E-state index contributed by atoms with van der Waals surface area (Å²) in [4.78, 5) is 25.2. The Morgan fingerprint density at radius 2 is 1.83 bits per heavy atom. The number of urea groups is 1.